The fraction of sp³-hybridized carbons (Fsp3) is 0.562. The molecule has 0 amide bonds. The number of guanidine groups is 1. The number of ether oxygens (including phenoxy) is 2. The first kappa shape index (κ1) is 13.0. The van der Waals surface area contributed by atoms with Crippen molar-refractivity contribution in [2.75, 3.05) is 26.3 Å². The predicted molar refractivity (Wildman–Crippen MR) is 80.4 cm³/mol. The number of rotatable bonds is 2. The first-order valence-corrected chi connectivity index (χ1v) is 7.71. The molecule has 21 heavy (non-hydrogen) atoms. The van der Waals surface area contributed by atoms with Crippen LogP contribution in [0, 0.1) is 0 Å². The standard InChI is InChI=1S/C16H21N3O2/c17-15-18-11-16(19(15)10-12-4-3-8-20-12)7-9-21-14-6-2-1-5-13(14)16/h1-2,5-6,12H,3-4,7-11H2,(H2,17,18). The minimum Gasteiger partial charge on any atom is -0.493 e. The summed E-state index contributed by atoms with van der Waals surface area (Å²) in [4.78, 5) is 6.80. The van der Waals surface area contributed by atoms with Gasteiger partial charge in [0.2, 0.25) is 0 Å². The van der Waals surface area contributed by atoms with Gasteiger partial charge in [0.25, 0.3) is 0 Å². The van der Waals surface area contributed by atoms with Crippen LogP contribution in [0.3, 0.4) is 0 Å². The Balaban J connectivity index is 1.69. The van der Waals surface area contributed by atoms with Crippen LogP contribution >= 0.6 is 0 Å². The van der Waals surface area contributed by atoms with E-state index in [4.69, 9.17) is 15.2 Å². The van der Waals surface area contributed by atoms with E-state index >= 15 is 0 Å². The van der Waals surface area contributed by atoms with Crippen molar-refractivity contribution in [3.8, 4) is 5.75 Å². The average molecular weight is 287 g/mol. The largest absolute Gasteiger partial charge is 0.493 e. The Bertz CT molecular complexity index is 568. The smallest absolute Gasteiger partial charge is 0.192 e. The average Bonchev–Trinajstić information content (AvgIpc) is 3.13. The summed E-state index contributed by atoms with van der Waals surface area (Å²) in [5.74, 6) is 1.60. The van der Waals surface area contributed by atoms with Gasteiger partial charge in [0.15, 0.2) is 5.96 Å². The Labute approximate surface area is 124 Å². The molecule has 1 spiro atoms. The van der Waals surface area contributed by atoms with E-state index in [1.165, 1.54) is 5.56 Å². The molecule has 5 heteroatoms. The Morgan fingerprint density at radius 1 is 1.33 bits per heavy atom. The Morgan fingerprint density at radius 2 is 2.24 bits per heavy atom. The summed E-state index contributed by atoms with van der Waals surface area (Å²) in [5.41, 5.74) is 7.26. The molecule has 2 atom stereocenters. The highest BCUT2D eigenvalue weighted by molar-refractivity contribution is 5.81. The van der Waals surface area contributed by atoms with Gasteiger partial charge in [-0.05, 0) is 18.9 Å². The number of aliphatic imine (C=N–C) groups is 1. The summed E-state index contributed by atoms with van der Waals surface area (Å²) in [5, 5.41) is 0. The molecular formula is C16H21N3O2. The van der Waals surface area contributed by atoms with E-state index in [1.807, 2.05) is 12.1 Å². The normalized spacial score (nSPS) is 31.1. The second kappa shape index (κ2) is 4.91. The number of nitrogens with zero attached hydrogens (tertiary/aromatic N) is 2. The van der Waals surface area contributed by atoms with Crippen LogP contribution in [-0.4, -0.2) is 43.3 Å². The van der Waals surface area contributed by atoms with Crippen LogP contribution in [0.5, 0.6) is 5.75 Å². The third kappa shape index (κ3) is 1.99. The summed E-state index contributed by atoms with van der Waals surface area (Å²) in [6, 6.07) is 8.26. The predicted octanol–water partition coefficient (Wildman–Crippen LogP) is 1.47. The maximum Gasteiger partial charge on any atom is 0.192 e. The van der Waals surface area contributed by atoms with Gasteiger partial charge in [0, 0.05) is 25.1 Å². The molecule has 1 fully saturated rings. The lowest BCUT2D eigenvalue weighted by Gasteiger charge is -2.43. The molecular weight excluding hydrogens is 266 g/mol. The molecule has 4 rings (SSSR count). The fourth-order valence-corrected chi connectivity index (χ4v) is 3.75. The first-order chi connectivity index (χ1) is 10.3. The Hall–Kier alpha value is -1.75. The number of nitrogens with two attached hydrogens (primary N) is 1. The Morgan fingerprint density at radius 3 is 3.10 bits per heavy atom. The monoisotopic (exact) mass is 287 g/mol. The van der Waals surface area contributed by atoms with Crippen LogP contribution in [0.1, 0.15) is 24.8 Å². The summed E-state index contributed by atoms with van der Waals surface area (Å²) in [6.45, 7) is 3.11. The van der Waals surface area contributed by atoms with Crippen molar-refractivity contribution in [3.05, 3.63) is 29.8 Å². The van der Waals surface area contributed by atoms with Crippen molar-refractivity contribution in [1.82, 2.24) is 4.90 Å². The van der Waals surface area contributed by atoms with Crippen molar-refractivity contribution in [3.63, 3.8) is 0 Å². The van der Waals surface area contributed by atoms with E-state index in [0.29, 0.717) is 19.1 Å². The highest BCUT2D eigenvalue weighted by Gasteiger charge is 2.47. The van der Waals surface area contributed by atoms with Crippen molar-refractivity contribution < 1.29 is 9.47 Å². The molecule has 3 aliphatic heterocycles. The molecule has 0 saturated carbocycles. The van der Waals surface area contributed by atoms with Crippen LogP contribution < -0.4 is 10.5 Å². The number of fused-ring (bicyclic) bond motifs is 2. The lowest BCUT2D eigenvalue weighted by atomic mass is 9.83. The molecule has 0 aliphatic carbocycles. The van der Waals surface area contributed by atoms with E-state index in [-0.39, 0.29) is 11.6 Å². The van der Waals surface area contributed by atoms with Crippen molar-refractivity contribution in [2.24, 2.45) is 10.7 Å². The number of benzene rings is 1. The minimum absolute atomic E-state index is 0.148. The van der Waals surface area contributed by atoms with Crippen LogP contribution in [0.2, 0.25) is 0 Å². The van der Waals surface area contributed by atoms with Crippen molar-refractivity contribution in [1.29, 1.82) is 0 Å². The lowest BCUT2D eigenvalue weighted by Crippen LogP contribution is -2.54. The van der Waals surface area contributed by atoms with E-state index < -0.39 is 0 Å². The maximum absolute atomic E-state index is 6.20. The SMILES string of the molecule is NC1=NCC2(CCOc3ccccc32)N1CC1CCCO1. The molecule has 3 heterocycles. The van der Waals surface area contributed by atoms with Crippen LogP contribution in [-0.2, 0) is 10.3 Å². The minimum atomic E-state index is -0.148. The van der Waals surface area contributed by atoms with E-state index in [1.54, 1.807) is 0 Å². The Kier molecular flexibility index (Phi) is 3.03. The van der Waals surface area contributed by atoms with Gasteiger partial charge in [-0.3, -0.25) is 4.99 Å². The molecule has 5 nitrogen and oxygen atoms in total. The molecule has 0 radical (unpaired) electrons. The van der Waals surface area contributed by atoms with Gasteiger partial charge in [0.05, 0.1) is 24.8 Å². The quantitative estimate of drug-likeness (QED) is 0.895. The highest BCUT2D eigenvalue weighted by Crippen LogP contribution is 2.44. The lowest BCUT2D eigenvalue weighted by molar-refractivity contribution is 0.0491. The zero-order chi connectivity index (χ0) is 14.3. The second-order valence-electron chi connectivity index (χ2n) is 6.05. The molecule has 112 valence electrons. The molecule has 2 N–H and O–H groups in total. The molecule has 1 saturated heterocycles. The van der Waals surface area contributed by atoms with Gasteiger partial charge in [-0.2, -0.15) is 0 Å². The van der Waals surface area contributed by atoms with Gasteiger partial charge in [-0.1, -0.05) is 18.2 Å². The summed E-state index contributed by atoms with van der Waals surface area (Å²) in [7, 11) is 0. The van der Waals surface area contributed by atoms with E-state index in [9.17, 15) is 0 Å². The maximum atomic E-state index is 6.20. The van der Waals surface area contributed by atoms with Crippen LogP contribution in [0.4, 0.5) is 0 Å². The van der Waals surface area contributed by atoms with Gasteiger partial charge >= 0.3 is 0 Å². The fourth-order valence-electron chi connectivity index (χ4n) is 3.75. The molecule has 0 aromatic heterocycles. The number of hydrogen-bond acceptors (Lipinski definition) is 5. The van der Waals surface area contributed by atoms with Gasteiger partial charge in [-0.25, -0.2) is 0 Å². The zero-order valence-electron chi connectivity index (χ0n) is 12.1. The van der Waals surface area contributed by atoms with E-state index in [0.717, 1.165) is 38.2 Å². The van der Waals surface area contributed by atoms with Crippen molar-refractivity contribution >= 4 is 5.96 Å². The second-order valence-corrected chi connectivity index (χ2v) is 6.05. The summed E-state index contributed by atoms with van der Waals surface area (Å²) >= 11 is 0. The van der Waals surface area contributed by atoms with Gasteiger partial charge in [0.1, 0.15) is 5.75 Å². The third-order valence-corrected chi connectivity index (χ3v) is 4.87. The first-order valence-electron chi connectivity index (χ1n) is 7.71. The van der Waals surface area contributed by atoms with Crippen LogP contribution in [0.25, 0.3) is 0 Å². The highest BCUT2D eigenvalue weighted by atomic mass is 16.5. The molecule has 2 unspecified atom stereocenters. The summed E-state index contributed by atoms with van der Waals surface area (Å²) < 4.78 is 11.6. The molecule has 1 aromatic carbocycles. The third-order valence-electron chi connectivity index (χ3n) is 4.87. The van der Waals surface area contributed by atoms with Gasteiger partial charge < -0.3 is 20.1 Å². The topological polar surface area (TPSA) is 60.1 Å². The zero-order valence-corrected chi connectivity index (χ0v) is 12.1. The number of hydrogen-bond donors (Lipinski definition) is 1. The van der Waals surface area contributed by atoms with E-state index in [2.05, 4.69) is 22.0 Å². The van der Waals surface area contributed by atoms with Crippen LogP contribution in [0.15, 0.2) is 29.3 Å². The molecule has 1 aromatic rings. The van der Waals surface area contributed by atoms with Gasteiger partial charge in [-0.15, -0.1) is 0 Å². The molecule has 0 bridgehead atoms. The van der Waals surface area contributed by atoms with Crippen molar-refractivity contribution in [2.45, 2.75) is 30.9 Å². The summed E-state index contributed by atoms with van der Waals surface area (Å²) in [6.07, 6.45) is 3.44. The molecule has 3 aliphatic rings. The number of para-hydroxylation sites is 1.